The SMILES string of the molecule is C=C(C)C(=O)OC1CC2OC1C1C(=C)OCC21.C=C(C)C(=O)OC1CCOC1=O.C=C(C)C(=O)OCC(=O)OC1C2CC3C(=O)OC1C3C2.C=C1CC(OC(=O)C(=C)C)CO1. The first-order valence-electron chi connectivity index (χ1n) is 20.0. The van der Waals surface area contributed by atoms with Crippen LogP contribution in [-0.2, 0) is 80.9 Å². The minimum atomic E-state index is -0.728. The average molecular weight is 855 g/mol. The Morgan fingerprint density at radius 3 is 1.92 bits per heavy atom. The first-order chi connectivity index (χ1) is 28.7. The quantitative estimate of drug-likeness (QED) is 0.173. The van der Waals surface area contributed by atoms with Gasteiger partial charge in [0.15, 0.2) is 6.61 Å². The van der Waals surface area contributed by atoms with Crippen molar-refractivity contribution in [1.29, 1.82) is 0 Å². The lowest BCUT2D eigenvalue weighted by Gasteiger charge is -2.26. The third-order valence-electron chi connectivity index (χ3n) is 11.3. The van der Waals surface area contributed by atoms with Crippen molar-refractivity contribution in [3.63, 3.8) is 0 Å². The zero-order valence-corrected chi connectivity index (χ0v) is 35.0. The molecule has 6 saturated heterocycles. The smallest absolute Gasteiger partial charge is 0.347 e. The van der Waals surface area contributed by atoms with Gasteiger partial charge in [-0.3, -0.25) is 4.79 Å². The van der Waals surface area contributed by atoms with Gasteiger partial charge in [0, 0.05) is 59.3 Å². The van der Waals surface area contributed by atoms with Gasteiger partial charge in [-0.25, -0.2) is 28.8 Å². The summed E-state index contributed by atoms with van der Waals surface area (Å²) in [6, 6.07) is 0. The van der Waals surface area contributed by atoms with E-state index >= 15 is 0 Å². The van der Waals surface area contributed by atoms with Crippen LogP contribution in [0.3, 0.4) is 0 Å². The van der Waals surface area contributed by atoms with Crippen molar-refractivity contribution in [2.24, 2.45) is 29.6 Å². The molecule has 6 heterocycles. The van der Waals surface area contributed by atoms with Crippen LogP contribution >= 0.6 is 0 Å². The lowest BCUT2D eigenvalue weighted by Crippen LogP contribution is -2.38. The zero-order chi connectivity index (χ0) is 44.9. The summed E-state index contributed by atoms with van der Waals surface area (Å²) in [6.07, 6.45) is 1.67. The Morgan fingerprint density at radius 1 is 0.689 bits per heavy atom. The van der Waals surface area contributed by atoms with Gasteiger partial charge in [-0.15, -0.1) is 0 Å². The normalized spacial score (nSPS) is 32.3. The van der Waals surface area contributed by atoms with E-state index in [4.69, 9.17) is 42.6 Å². The maximum atomic E-state index is 11.7. The molecule has 0 radical (unpaired) electrons. The molecule has 17 heteroatoms. The minimum absolute atomic E-state index is 0.0128. The van der Waals surface area contributed by atoms with E-state index in [9.17, 15) is 33.6 Å². The van der Waals surface area contributed by atoms with Crippen molar-refractivity contribution in [3.05, 3.63) is 73.3 Å². The fourth-order valence-corrected chi connectivity index (χ4v) is 8.28. The standard InChI is InChI=1S/C14H16O6.C13H16O4.C9H12O3.C8H10O4/c1-6(2)13(16)18-5-10(15)19-11-7-3-8-9(4-7)14(17)20-12(8)11;1-6(2)13(14)17-10-4-9-8-5-15-7(3)11(8)12(10)16-9;1-6(2)9(10)12-8-4-7(3)11-5-8;1-5(2)7(9)12-6-3-4-11-8(6)10/h7-9,11-12H,1,3-5H2,2H3;8-12H,1,3-5H2,2H3;8H,1,3-5H2,2H3;6H,1,3-4H2,2H3. The average Bonchev–Trinajstić information content (AvgIpc) is 4.07. The van der Waals surface area contributed by atoms with Crippen LogP contribution in [0.4, 0.5) is 0 Å². The number of ether oxygens (including phenoxy) is 10. The van der Waals surface area contributed by atoms with E-state index in [-0.39, 0.29) is 83.2 Å². The molecule has 0 amide bonds. The number of hydrogen-bond donors (Lipinski definition) is 0. The number of fused-ring (bicyclic) bond motifs is 6. The van der Waals surface area contributed by atoms with Gasteiger partial charge in [0.2, 0.25) is 6.10 Å². The van der Waals surface area contributed by atoms with E-state index in [1.165, 1.54) is 13.8 Å². The summed E-state index contributed by atoms with van der Waals surface area (Å²) in [7, 11) is 0. The molecule has 12 unspecified atom stereocenters. The van der Waals surface area contributed by atoms with Crippen LogP contribution in [0, 0.1) is 29.6 Å². The van der Waals surface area contributed by atoms with Crippen molar-refractivity contribution in [2.75, 3.05) is 26.4 Å². The first-order valence-corrected chi connectivity index (χ1v) is 20.0. The molecule has 0 aromatic carbocycles. The molecule has 332 valence electrons. The fraction of sp³-hybridized carbons (Fsp3) is 0.568. The van der Waals surface area contributed by atoms with Crippen molar-refractivity contribution in [1.82, 2.24) is 0 Å². The van der Waals surface area contributed by atoms with Crippen molar-refractivity contribution < 1.29 is 80.9 Å². The monoisotopic (exact) mass is 854 g/mol. The largest absolute Gasteiger partial charge is 0.498 e. The maximum Gasteiger partial charge on any atom is 0.347 e. The molecule has 0 aromatic rings. The summed E-state index contributed by atoms with van der Waals surface area (Å²) >= 11 is 0. The number of carbonyl (C=O) groups is 7. The third kappa shape index (κ3) is 11.2. The van der Waals surface area contributed by atoms with E-state index in [0.29, 0.717) is 55.5 Å². The highest BCUT2D eigenvalue weighted by atomic mass is 16.6. The van der Waals surface area contributed by atoms with Crippen molar-refractivity contribution in [3.8, 4) is 0 Å². The van der Waals surface area contributed by atoms with E-state index in [0.717, 1.165) is 25.0 Å². The van der Waals surface area contributed by atoms with Gasteiger partial charge in [0.1, 0.15) is 37.1 Å². The van der Waals surface area contributed by atoms with E-state index in [1.54, 1.807) is 13.8 Å². The number of carbonyl (C=O) groups excluding carboxylic acids is 7. The van der Waals surface area contributed by atoms with Crippen molar-refractivity contribution >= 4 is 41.8 Å². The van der Waals surface area contributed by atoms with Crippen LogP contribution in [0.5, 0.6) is 0 Å². The van der Waals surface area contributed by atoms with Gasteiger partial charge in [-0.2, -0.15) is 0 Å². The highest BCUT2D eigenvalue weighted by Crippen LogP contribution is 2.55. The molecule has 17 nitrogen and oxygen atoms in total. The lowest BCUT2D eigenvalue weighted by molar-refractivity contribution is -0.168. The molecular weight excluding hydrogens is 800 g/mol. The molecule has 0 N–H and O–H groups in total. The number of hydrogen-bond acceptors (Lipinski definition) is 17. The zero-order valence-electron chi connectivity index (χ0n) is 35.0. The topological polar surface area (TPSA) is 212 Å². The minimum Gasteiger partial charge on any atom is -0.498 e. The summed E-state index contributed by atoms with van der Waals surface area (Å²) in [5.41, 5.74) is 1.35. The Bertz CT molecular complexity index is 1880. The van der Waals surface area contributed by atoms with Crippen LogP contribution in [-0.4, -0.2) is 111 Å². The lowest BCUT2D eigenvalue weighted by atomic mass is 9.79. The first kappa shape index (κ1) is 46.4. The van der Waals surface area contributed by atoms with Crippen LogP contribution in [0.25, 0.3) is 0 Å². The van der Waals surface area contributed by atoms with Gasteiger partial charge in [-0.1, -0.05) is 39.5 Å². The molecule has 0 aromatic heterocycles. The molecule has 2 saturated carbocycles. The molecule has 0 spiro atoms. The molecular formula is C44H54O17. The predicted molar refractivity (Wildman–Crippen MR) is 210 cm³/mol. The highest BCUT2D eigenvalue weighted by molar-refractivity contribution is 5.90. The molecule has 2 aliphatic carbocycles. The predicted octanol–water partition coefficient (Wildman–Crippen LogP) is 3.85. The maximum absolute atomic E-state index is 11.7. The summed E-state index contributed by atoms with van der Waals surface area (Å²) in [5.74, 6) is -0.730. The van der Waals surface area contributed by atoms with E-state index < -0.39 is 42.7 Å². The van der Waals surface area contributed by atoms with Crippen LogP contribution in [0.1, 0.15) is 59.8 Å². The third-order valence-corrected chi connectivity index (χ3v) is 11.3. The number of rotatable bonds is 10. The Balaban J connectivity index is 0.000000158. The summed E-state index contributed by atoms with van der Waals surface area (Å²) in [5, 5.41) is 0. The highest BCUT2D eigenvalue weighted by Gasteiger charge is 2.63. The second-order valence-corrected chi connectivity index (χ2v) is 16.3. The van der Waals surface area contributed by atoms with E-state index in [2.05, 4.69) is 44.2 Å². The van der Waals surface area contributed by atoms with E-state index in [1.807, 2.05) is 0 Å². The molecule has 12 atom stereocenters. The Morgan fingerprint density at radius 2 is 1.33 bits per heavy atom. The van der Waals surface area contributed by atoms with Gasteiger partial charge in [0.05, 0.1) is 42.7 Å². The Labute approximate surface area is 354 Å². The van der Waals surface area contributed by atoms with Gasteiger partial charge in [-0.05, 0) is 40.5 Å². The van der Waals surface area contributed by atoms with Crippen LogP contribution in [0.15, 0.2) is 73.3 Å². The fourth-order valence-electron chi connectivity index (χ4n) is 8.28. The number of esters is 7. The number of cyclic esters (lactones) is 1. The molecule has 8 fully saturated rings. The van der Waals surface area contributed by atoms with Gasteiger partial charge in [0.25, 0.3) is 0 Å². The summed E-state index contributed by atoms with van der Waals surface area (Å²) in [4.78, 5) is 78.7. The van der Waals surface area contributed by atoms with Gasteiger partial charge >= 0.3 is 41.8 Å². The van der Waals surface area contributed by atoms with Crippen LogP contribution in [0.2, 0.25) is 0 Å². The second kappa shape index (κ2) is 19.8. The second-order valence-electron chi connectivity index (χ2n) is 16.3. The molecule has 8 rings (SSSR count). The Hall–Kier alpha value is -5.71. The Kier molecular flexibility index (Phi) is 15.0. The summed E-state index contributed by atoms with van der Waals surface area (Å²) < 4.78 is 51.5. The van der Waals surface area contributed by atoms with Crippen molar-refractivity contribution in [2.45, 2.75) is 103 Å². The molecule has 4 bridgehead atoms. The molecule has 6 aliphatic heterocycles. The summed E-state index contributed by atoms with van der Waals surface area (Å²) in [6.45, 7) is 28.7. The molecule has 8 aliphatic rings. The van der Waals surface area contributed by atoms with Crippen LogP contribution < -0.4 is 0 Å². The van der Waals surface area contributed by atoms with Gasteiger partial charge < -0.3 is 47.4 Å². The molecule has 61 heavy (non-hydrogen) atoms.